The Balaban J connectivity index is 1.75. The third kappa shape index (κ3) is 4.77. The molecule has 0 unspecified atom stereocenters. The summed E-state index contributed by atoms with van der Waals surface area (Å²) < 4.78 is 18.8. The molecule has 0 bridgehead atoms. The Labute approximate surface area is 129 Å². The number of ether oxygens (including phenoxy) is 1. The summed E-state index contributed by atoms with van der Waals surface area (Å²) in [6.07, 6.45) is 1.06. The standard InChI is InChI=1S/C15H20ClFN2O2/c1-15(2,3)21-14(20)19-11-7-10(8-11)18-13-5-4-9(16)6-12(13)17/h4-6,10-11,18H,7-8H2,1-3H3,(H,19,20). The molecule has 1 aliphatic carbocycles. The zero-order valence-corrected chi connectivity index (χ0v) is 13.1. The number of carbonyl (C=O) groups excluding carboxylic acids is 1. The summed E-state index contributed by atoms with van der Waals surface area (Å²) >= 11 is 5.71. The van der Waals surface area contributed by atoms with Crippen LogP contribution in [0.5, 0.6) is 0 Å². The van der Waals surface area contributed by atoms with Gasteiger partial charge in [-0.15, -0.1) is 0 Å². The fourth-order valence-electron chi connectivity index (χ4n) is 2.15. The van der Waals surface area contributed by atoms with Gasteiger partial charge in [-0.05, 0) is 51.8 Å². The van der Waals surface area contributed by atoms with Crippen molar-refractivity contribution >= 4 is 23.4 Å². The van der Waals surface area contributed by atoms with Gasteiger partial charge in [-0.2, -0.15) is 0 Å². The van der Waals surface area contributed by atoms with Crippen LogP contribution < -0.4 is 10.6 Å². The van der Waals surface area contributed by atoms with E-state index in [9.17, 15) is 9.18 Å². The van der Waals surface area contributed by atoms with Gasteiger partial charge in [0.15, 0.2) is 0 Å². The Morgan fingerprint density at radius 3 is 2.57 bits per heavy atom. The molecule has 1 amide bonds. The Kier molecular flexibility index (Phi) is 4.61. The molecule has 0 atom stereocenters. The molecule has 1 aromatic carbocycles. The van der Waals surface area contributed by atoms with Crippen LogP contribution in [0.1, 0.15) is 33.6 Å². The molecule has 0 aliphatic heterocycles. The third-order valence-corrected chi connectivity index (χ3v) is 3.38. The van der Waals surface area contributed by atoms with Crippen LogP contribution in [0.15, 0.2) is 18.2 Å². The van der Waals surface area contributed by atoms with Crippen molar-refractivity contribution in [1.82, 2.24) is 5.32 Å². The lowest BCUT2D eigenvalue weighted by Crippen LogP contribution is -2.50. The van der Waals surface area contributed by atoms with Gasteiger partial charge in [0.05, 0.1) is 5.69 Å². The van der Waals surface area contributed by atoms with Gasteiger partial charge >= 0.3 is 6.09 Å². The second-order valence-electron chi connectivity index (χ2n) is 6.28. The van der Waals surface area contributed by atoms with Crippen LogP contribution in [0.3, 0.4) is 0 Å². The number of benzene rings is 1. The van der Waals surface area contributed by atoms with Crippen LogP contribution in [0, 0.1) is 5.82 Å². The predicted octanol–water partition coefficient (Wildman–Crippen LogP) is 3.95. The van der Waals surface area contributed by atoms with Crippen LogP contribution in [-0.2, 0) is 4.74 Å². The normalized spacial score (nSPS) is 21.4. The van der Waals surface area contributed by atoms with Crippen molar-refractivity contribution in [1.29, 1.82) is 0 Å². The van der Waals surface area contributed by atoms with Crippen LogP contribution in [0.25, 0.3) is 0 Å². The van der Waals surface area contributed by atoms with Gasteiger partial charge in [0.2, 0.25) is 0 Å². The van der Waals surface area contributed by atoms with Crippen molar-refractivity contribution < 1.29 is 13.9 Å². The summed E-state index contributed by atoms with van der Waals surface area (Å²) in [5.41, 5.74) is -0.0714. The molecule has 0 aromatic heterocycles. The third-order valence-electron chi connectivity index (χ3n) is 3.15. The molecule has 1 saturated carbocycles. The summed E-state index contributed by atoms with van der Waals surface area (Å²) in [6.45, 7) is 5.46. The fourth-order valence-corrected chi connectivity index (χ4v) is 2.31. The molecule has 2 N–H and O–H groups in total. The van der Waals surface area contributed by atoms with E-state index in [2.05, 4.69) is 10.6 Å². The molecule has 6 heteroatoms. The van der Waals surface area contributed by atoms with E-state index in [-0.39, 0.29) is 17.9 Å². The second-order valence-corrected chi connectivity index (χ2v) is 6.72. The molecule has 4 nitrogen and oxygen atoms in total. The largest absolute Gasteiger partial charge is 0.444 e. The highest BCUT2D eigenvalue weighted by atomic mass is 35.5. The predicted molar refractivity (Wildman–Crippen MR) is 81.2 cm³/mol. The Hall–Kier alpha value is -1.49. The lowest BCUT2D eigenvalue weighted by Gasteiger charge is -2.37. The maximum atomic E-state index is 13.6. The van der Waals surface area contributed by atoms with Crippen molar-refractivity contribution in [2.45, 2.75) is 51.3 Å². The van der Waals surface area contributed by atoms with Crippen molar-refractivity contribution in [3.05, 3.63) is 29.0 Å². The first-order valence-corrected chi connectivity index (χ1v) is 7.32. The number of carbonyl (C=O) groups is 1. The van der Waals surface area contributed by atoms with E-state index in [4.69, 9.17) is 16.3 Å². The molecule has 116 valence electrons. The average Bonchev–Trinajstić information content (AvgIpc) is 2.26. The van der Waals surface area contributed by atoms with E-state index in [1.54, 1.807) is 12.1 Å². The monoisotopic (exact) mass is 314 g/mol. The number of alkyl carbamates (subject to hydrolysis) is 1. The minimum Gasteiger partial charge on any atom is -0.444 e. The first-order valence-electron chi connectivity index (χ1n) is 6.94. The summed E-state index contributed by atoms with van der Waals surface area (Å²) in [4.78, 5) is 11.6. The van der Waals surface area contributed by atoms with Crippen LogP contribution in [-0.4, -0.2) is 23.8 Å². The quantitative estimate of drug-likeness (QED) is 0.888. The summed E-state index contributed by atoms with van der Waals surface area (Å²) in [6, 6.07) is 4.74. The molecule has 21 heavy (non-hydrogen) atoms. The molecule has 1 aromatic rings. The Morgan fingerprint density at radius 2 is 2.00 bits per heavy atom. The van der Waals surface area contributed by atoms with Gasteiger partial charge in [-0.3, -0.25) is 0 Å². The lowest BCUT2D eigenvalue weighted by atomic mass is 9.86. The summed E-state index contributed by atoms with van der Waals surface area (Å²) in [5, 5.41) is 6.27. The molecule has 0 spiro atoms. The molecule has 0 heterocycles. The lowest BCUT2D eigenvalue weighted by molar-refractivity contribution is 0.0475. The Morgan fingerprint density at radius 1 is 1.33 bits per heavy atom. The van der Waals surface area contributed by atoms with Gasteiger partial charge in [0.1, 0.15) is 11.4 Å². The average molecular weight is 315 g/mol. The van der Waals surface area contributed by atoms with E-state index in [0.717, 1.165) is 12.8 Å². The second kappa shape index (κ2) is 6.10. The maximum Gasteiger partial charge on any atom is 0.407 e. The number of halogens is 2. The molecule has 2 rings (SSSR count). The number of rotatable bonds is 3. The first-order chi connectivity index (χ1) is 9.73. The van der Waals surface area contributed by atoms with Crippen molar-refractivity contribution in [2.75, 3.05) is 5.32 Å². The summed E-state index contributed by atoms with van der Waals surface area (Å²) in [7, 11) is 0. The fraction of sp³-hybridized carbons (Fsp3) is 0.533. The van der Waals surface area contributed by atoms with Gasteiger partial charge in [-0.25, -0.2) is 9.18 Å². The molecular weight excluding hydrogens is 295 g/mol. The van der Waals surface area contributed by atoms with Crippen LogP contribution >= 0.6 is 11.6 Å². The smallest absolute Gasteiger partial charge is 0.407 e. The molecule has 1 aliphatic rings. The van der Waals surface area contributed by atoms with Crippen molar-refractivity contribution in [3.63, 3.8) is 0 Å². The van der Waals surface area contributed by atoms with Gasteiger partial charge in [0.25, 0.3) is 0 Å². The zero-order valence-electron chi connectivity index (χ0n) is 12.4. The van der Waals surface area contributed by atoms with Crippen molar-refractivity contribution in [2.24, 2.45) is 0 Å². The number of amides is 1. The van der Waals surface area contributed by atoms with Gasteiger partial charge in [-0.1, -0.05) is 11.6 Å². The minimum absolute atomic E-state index is 0.0627. The Bertz CT molecular complexity index is 525. The van der Waals surface area contributed by atoms with Crippen LogP contribution in [0.2, 0.25) is 5.02 Å². The maximum absolute atomic E-state index is 13.6. The molecule has 0 radical (unpaired) electrons. The first kappa shape index (κ1) is 15.9. The highest BCUT2D eigenvalue weighted by molar-refractivity contribution is 6.30. The highest BCUT2D eigenvalue weighted by Crippen LogP contribution is 2.27. The topological polar surface area (TPSA) is 50.4 Å². The number of nitrogens with one attached hydrogen (secondary N) is 2. The zero-order chi connectivity index (χ0) is 15.6. The molecule has 1 fully saturated rings. The summed E-state index contributed by atoms with van der Waals surface area (Å²) in [5.74, 6) is -0.369. The van der Waals surface area contributed by atoms with E-state index >= 15 is 0 Å². The highest BCUT2D eigenvalue weighted by Gasteiger charge is 2.31. The molecular formula is C15H20ClFN2O2. The number of hydrogen-bond donors (Lipinski definition) is 2. The van der Waals surface area contributed by atoms with E-state index in [0.29, 0.717) is 10.7 Å². The SMILES string of the molecule is CC(C)(C)OC(=O)NC1CC(Nc2ccc(Cl)cc2F)C1. The van der Waals surface area contributed by atoms with E-state index in [1.165, 1.54) is 6.07 Å². The van der Waals surface area contributed by atoms with E-state index < -0.39 is 11.7 Å². The van der Waals surface area contributed by atoms with Crippen LogP contribution in [0.4, 0.5) is 14.9 Å². The van der Waals surface area contributed by atoms with E-state index in [1.807, 2.05) is 20.8 Å². The van der Waals surface area contributed by atoms with Gasteiger partial charge in [0, 0.05) is 17.1 Å². The minimum atomic E-state index is -0.502. The van der Waals surface area contributed by atoms with Gasteiger partial charge < -0.3 is 15.4 Å². The number of hydrogen-bond acceptors (Lipinski definition) is 3. The van der Waals surface area contributed by atoms with Crippen molar-refractivity contribution in [3.8, 4) is 0 Å². The number of anilines is 1. The molecule has 0 saturated heterocycles.